The molecule has 1 aliphatic rings. The lowest BCUT2D eigenvalue weighted by molar-refractivity contribution is -0.123. The Labute approximate surface area is 115 Å². The van der Waals surface area contributed by atoms with Crippen LogP contribution in [0.5, 0.6) is 5.75 Å². The van der Waals surface area contributed by atoms with Crippen LogP contribution >= 0.6 is 0 Å². The summed E-state index contributed by atoms with van der Waals surface area (Å²) in [4.78, 5) is 16.2. The van der Waals surface area contributed by atoms with Gasteiger partial charge in [-0.3, -0.25) is 15.1 Å². The predicted octanol–water partition coefficient (Wildman–Crippen LogP) is 1.60. The molecule has 1 aliphatic heterocycles. The molecule has 1 amide bonds. The Bertz CT molecular complexity index is 548. The lowest BCUT2D eigenvalue weighted by atomic mass is 9.92. The number of carbonyl (C=O) groups excluding carboxylic acids is 1. The molecule has 1 fully saturated rings. The summed E-state index contributed by atoms with van der Waals surface area (Å²) < 4.78 is 28.8. The molecular formula is C13H15F2N3O2. The highest BCUT2D eigenvalue weighted by molar-refractivity contribution is 6.09. The molecule has 20 heavy (non-hydrogen) atoms. The number of aliphatic imine (C=N–C) groups is 1. The summed E-state index contributed by atoms with van der Waals surface area (Å²) in [5.41, 5.74) is -0.537. The van der Waals surface area contributed by atoms with Crippen LogP contribution in [-0.4, -0.2) is 25.0 Å². The minimum Gasteiger partial charge on any atom is -0.435 e. The second kappa shape index (κ2) is 5.44. The van der Waals surface area contributed by atoms with Crippen molar-refractivity contribution in [2.45, 2.75) is 26.0 Å². The smallest absolute Gasteiger partial charge is 0.387 e. The van der Waals surface area contributed by atoms with Crippen LogP contribution in [0, 0.1) is 0 Å². The van der Waals surface area contributed by atoms with Crippen molar-refractivity contribution in [3.63, 3.8) is 0 Å². The lowest BCUT2D eigenvalue weighted by Crippen LogP contribution is -2.40. The number of nitrogens with one attached hydrogen (secondary N) is 2. The first-order chi connectivity index (χ1) is 9.45. The summed E-state index contributed by atoms with van der Waals surface area (Å²) in [6.07, 6.45) is 0. The van der Waals surface area contributed by atoms with E-state index in [0.29, 0.717) is 18.1 Å². The number of carbonyl (C=O) groups is 1. The third-order valence-electron chi connectivity index (χ3n) is 3.01. The van der Waals surface area contributed by atoms with Crippen molar-refractivity contribution in [2.75, 3.05) is 6.54 Å². The molecule has 2 N–H and O–H groups in total. The molecule has 0 radical (unpaired) electrons. The van der Waals surface area contributed by atoms with Crippen molar-refractivity contribution < 1.29 is 18.3 Å². The third-order valence-corrected chi connectivity index (χ3v) is 3.01. The molecule has 1 saturated heterocycles. The summed E-state index contributed by atoms with van der Waals surface area (Å²) in [7, 11) is 0. The SMILES string of the molecule is CCN=C1NC(=O)C(C)(c2cccc(OC(F)F)c2)N1. The normalized spacial score (nSPS) is 23.9. The van der Waals surface area contributed by atoms with Crippen LogP contribution in [0.4, 0.5) is 8.78 Å². The van der Waals surface area contributed by atoms with Gasteiger partial charge in [-0.15, -0.1) is 0 Å². The molecular weight excluding hydrogens is 268 g/mol. The van der Waals surface area contributed by atoms with Crippen LogP contribution < -0.4 is 15.4 Å². The maximum absolute atomic E-state index is 12.2. The second-order valence-corrected chi connectivity index (χ2v) is 4.43. The minimum atomic E-state index is -2.90. The molecule has 0 spiro atoms. The lowest BCUT2D eigenvalue weighted by Gasteiger charge is -2.22. The monoisotopic (exact) mass is 283 g/mol. The van der Waals surface area contributed by atoms with Crippen molar-refractivity contribution in [1.82, 2.24) is 10.6 Å². The van der Waals surface area contributed by atoms with Gasteiger partial charge >= 0.3 is 6.61 Å². The summed E-state index contributed by atoms with van der Waals surface area (Å²) in [6.45, 7) is 1.11. The average Bonchev–Trinajstić information content (AvgIpc) is 2.66. The van der Waals surface area contributed by atoms with E-state index in [1.165, 1.54) is 12.1 Å². The van der Waals surface area contributed by atoms with Gasteiger partial charge in [0, 0.05) is 6.54 Å². The maximum atomic E-state index is 12.2. The Morgan fingerprint density at radius 3 is 2.85 bits per heavy atom. The molecule has 5 nitrogen and oxygen atoms in total. The Balaban J connectivity index is 2.30. The van der Waals surface area contributed by atoms with Gasteiger partial charge in [0.25, 0.3) is 5.91 Å². The molecule has 1 atom stereocenters. The number of halogens is 2. The van der Waals surface area contributed by atoms with Gasteiger partial charge in [-0.05, 0) is 31.5 Å². The number of hydrogen-bond donors (Lipinski definition) is 2. The number of hydrogen-bond acceptors (Lipinski definition) is 3. The third kappa shape index (κ3) is 2.71. The van der Waals surface area contributed by atoms with E-state index in [9.17, 15) is 13.6 Å². The van der Waals surface area contributed by atoms with Crippen LogP contribution in [0.25, 0.3) is 0 Å². The number of benzene rings is 1. The Hall–Kier alpha value is -2.18. The van der Waals surface area contributed by atoms with Crippen LogP contribution in [0.2, 0.25) is 0 Å². The minimum absolute atomic E-state index is 0.00852. The van der Waals surface area contributed by atoms with E-state index in [4.69, 9.17) is 0 Å². The Morgan fingerprint density at radius 1 is 1.45 bits per heavy atom. The van der Waals surface area contributed by atoms with Crippen molar-refractivity contribution in [2.24, 2.45) is 4.99 Å². The average molecular weight is 283 g/mol. The van der Waals surface area contributed by atoms with Crippen molar-refractivity contribution >= 4 is 11.9 Å². The van der Waals surface area contributed by atoms with E-state index in [-0.39, 0.29) is 11.7 Å². The highest BCUT2D eigenvalue weighted by Gasteiger charge is 2.42. The summed E-state index contributed by atoms with van der Waals surface area (Å²) in [5.74, 6) is 0.0910. The van der Waals surface area contributed by atoms with E-state index in [0.717, 1.165) is 0 Å². The standard InChI is InChI=1S/C13H15F2N3O2/c1-3-16-12-17-10(19)13(2,18-12)8-5-4-6-9(7-8)20-11(14)15/h4-7,11H,3H2,1-2H3,(H2,16,17,18,19). The zero-order chi connectivity index (χ0) is 14.8. The van der Waals surface area contributed by atoms with Crippen LogP contribution in [0.1, 0.15) is 19.4 Å². The fourth-order valence-electron chi connectivity index (χ4n) is 1.98. The first-order valence-corrected chi connectivity index (χ1v) is 6.15. The summed E-state index contributed by atoms with van der Waals surface area (Å²) >= 11 is 0. The van der Waals surface area contributed by atoms with Gasteiger partial charge in [0.2, 0.25) is 0 Å². The molecule has 0 bridgehead atoms. The molecule has 1 aromatic carbocycles. The predicted molar refractivity (Wildman–Crippen MR) is 69.7 cm³/mol. The van der Waals surface area contributed by atoms with E-state index in [1.807, 2.05) is 6.92 Å². The number of amides is 1. The van der Waals surface area contributed by atoms with E-state index < -0.39 is 12.2 Å². The number of alkyl halides is 2. The zero-order valence-corrected chi connectivity index (χ0v) is 11.1. The van der Waals surface area contributed by atoms with Crippen LogP contribution in [0.3, 0.4) is 0 Å². The number of rotatable bonds is 4. The van der Waals surface area contributed by atoms with Gasteiger partial charge in [0.05, 0.1) is 0 Å². The largest absolute Gasteiger partial charge is 0.435 e. The number of nitrogens with zero attached hydrogens (tertiary/aromatic N) is 1. The van der Waals surface area contributed by atoms with E-state index in [1.54, 1.807) is 19.1 Å². The van der Waals surface area contributed by atoms with Crippen molar-refractivity contribution in [3.8, 4) is 5.75 Å². The van der Waals surface area contributed by atoms with E-state index >= 15 is 0 Å². The summed E-state index contributed by atoms with van der Waals surface area (Å²) in [6, 6.07) is 6.04. The van der Waals surface area contributed by atoms with Crippen molar-refractivity contribution in [1.29, 1.82) is 0 Å². The van der Waals surface area contributed by atoms with Crippen molar-refractivity contribution in [3.05, 3.63) is 29.8 Å². The Morgan fingerprint density at radius 2 is 2.20 bits per heavy atom. The van der Waals surface area contributed by atoms with Crippen LogP contribution in [-0.2, 0) is 10.3 Å². The van der Waals surface area contributed by atoms with Gasteiger partial charge in [0.15, 0.2) is 5.96 Å². The zero-order valence-electron chi connectivity index (χ0n) is 11.1. The highest BCUT2D eigenvalue weighted by Crippen LogP contribution is 2.27. The molecule has 108 valence electrons. The van der Waals surface area contributed by atoms with Gasteiger partial charge in [0.1, 0.15) is 11.3 Å². The first-order valence-electron chi connectivity index (χ1n) is 6.15. The quantitative estimate of drug-likeness (QED) is 0.882. The molecule has 7 heteroatoms. The van der Waals surface area contributed by atoms with Gasteiger partial charge in [-0.1, -0.05) is 12.1 Å². The number of guanidine groups is 1. The van der Waals surface area contributed by atoms with Gasteiger partial charge < -0.3 is 10.1 Å². The maximum Gasteiger partial charge on any atom is 0.387 e. The molecule has 0 aromatic heterocycles. The van der Waals surface area contributed by atoms with Crippen LogP contribution in [0.15, 0.2) is 29.3 Å². The van der Waals surface area contributed by atoms with Gasteiger partial charge in [-0.25, -0.2) is 0 Å². The first kappa shape index (κ1) is 14.2. The molecule has 1 unspecified atom stereocenters. The molecule has 1 heterocycles. The molecule has 0 aliphatic carbocycles. The summed E-state index contributed by atoms with van der Waals surface area (Å²) in [5, 5.41) is 5.58. The molecule has 2 rings (SSSR count). The molecule has 0 saturated carbocycles. The highest BCUT2D eigenvalue weighted by atomic mass is 19.3. The number of ether oxygens (including phenoxy) is 1. The fourth-order valence-corrected chi connectivity index (χ4v) is 1.98. The topological polar surface area (TPSA) is 62.7 Å². The van der Waals surface area contributed by atoms with Gasteiger partial charge in [-0.2, -0.15) is 8.78 Å². The molecule has 1 aromatic rings. The second-order valence-electron chi connectivity index (χ2n) is 4.43. The Kier molecular flexibility index (Phi) is 3.87. The fraction of sp³-hybridized carbons (Fsp3) is 0.385. The van der Waals surface area contributed by atoms with E-state index in [2.05, 4.69) is 20.4 Å².